The normalized spacial score (nSPS) is 17.0. The van der Waals surface area contributed by atoms with Crippen LogP contribution in [0, 0.1) is 19.8 Å². The van der Waals surface area contributed by atoms with Crippen LogP contribution in [0.2, 0.25) is 0 Å². The van der Waals surface area contributed by atoms with E-state index in [0.717, 1.165) is 11.3 Å². The number of anilines is 2. The molecule has 1 fully saturated rings. The lowest BCUT2D eigenvalue weighted by atomic mass is 10.1. The number of aryl methyl sites for hydroxylation is 3. The monoisotopic (exact) mass is 342 g/mol. The summed E-state index contributed by atoms with van der Waals surface area (Å²) in [5.74, 6) is 0.590. The van der Waals surface area contributed by atoms with Crippen LogP contribution in [0.5, 0.6) is 5.75 Å². The lowest BCUT2D eigenvalue weighted by Crippen LogP contribution is -2.28. The fourth-order valence-electron chi connectivity index (χ4n) is 3.08. The Morgan fingerprint density at radius 3 is 2.72 bits per heavy atom. The Kier molecular flexibility index (Phi) is 4.48. The third-order valence-electron chi connectivity index (χ3n) is 4.37. The Morgan fingerprint density at radius 2 is 2.08 bits per heavy atom. The zero-order chi connectivity index (χ0) is 18.1. The van der Waals surface area contributed by atoms with E-state index in [0.29, 0.717) is 23.8 Å². The van der Waals surface area contributed by atoms with Gasteiger partial charge < -0.3 is 15.0 Å². The number of hydrogen-bond acceptors (Lipinski definition) is 4. The number of aromatic nitrogens is 2. The van der Waals surface area contributed by atoms with Gasteiger partial charge in [0.25, 0.3) is 0 Å². The smallest absolute Gasteiger partial charge is 0.230 e. The molecule has 0 unspecified atom stereocenters. The Morgan fingerprint density at radius 1 is 1.32 bits per heavy atom. The number of nitrogens with one attached hydrogen (secondary N) is 1. The average Bonchev–Trinajstić information content (AvgIpc) is 3.09. The van der Waals surface area contributed by atoms with Crippen molar-refractivity contribution in [2.75, 3.05) is 23.9 Å². The van der Waals surface area contributed by atoms with Crippen molar-refractivity contribution in [1.82, 2.24) is 9.78 Å². The van der Waals surface area contributed by atoms with E-state index in [-0.39, 0.29) is 18.2 Å². The Balaban J connectivity index is 1.77. The molecule has 7 nitrogen and oxygen atoms in total. The number of carbonyl (C=O) groups is 2. The first-order valence-electron chi connectivity index (χ1n) is 8.15. The maximum atomic E-state index is 12.6. The average molecular weight is 342 g/mol. The lowest BCUT2D eigenvalue weighted by Gasteiger charge is -2.20. The molecule has 7 heteroatoms. The quantitative estimate of drug-likeness (QED) is 0.922. The van der Waals surface area contributed by atoms with E-state index in [2.05, 4.69) is 10.4 Å². The van der Waals surface area contributed by atoms with Gasteiger partial charge in [-0.1, -0.05) is 6.07 Å². The van der Waals surface area contributed by atoms with Crippen molar-refractivity contribution in [1.29, 1.82) is 0 Å². The van der Waals surface area contributed by atoms with Crippen LogP contribution in [-0.4, -0.2) is 35.2 Å². The second-order valence-electron chi connectivity index (χ2n) is 6.36. The molecule has 1 aromatic carbocycles. The van der Waals surface area contributed by atoms with Crippen molar-refractivity contribution in [3.63, 3.8) is 0 Å². The molecular formula is C18H22N4O3. The molecule has 0 bridgehead atoms. The minimum Gasteiger partial charge on any atom is -0.495 e. The highest BCUT2D eigenvalue weighted by atomic mass is 16.5. The molecule has 25 heavy (non-hydrogen) atoms. The highest BCUT2D eigenvalue weighted by Crippen LogP contribution is 2.34. The molecular weight excluding hydrogens is 320 g/mol. The summed E-state index contributed by atoms with van der Waals surface area (Å²) in [4.78, 5) is 26.7. The molecule has 1 aliphatic rings. The van der Waals surface area contributed by atoms with Crippen LogP contribution in [0.3, 0.4) is 0 Å². The van der Waals surface area contributed by atoms with Crippen LogP contribution in [0.25, 0.3) is 0 Å². The maximum Gasteiger partial charge on any atom is 0.230 e. The number of ether oxygens (including phenoxy) is 1. The van der Waals surface area contributed by atoms with Gasteiger partial charge in [0.15, 0.2) is 0 Å². The van der Waals surface area contributed by atoms with E-state index >= 15 is 0 Å². The first-order chi connectivity index (χ1) is 11.9. The van der Waals surface area contributed by atoms with Gasteiger partial charge in [-0.2, -0.15) is 5.10 Å². The Labute approximate surface area is 146 Å². The number of methoxy groups -OCH3 is 1. The molecule has 1 atom stereocenters. The lowest BCUT2D eigenvalue weighted by molar-refractivity contribution is -0.122. The van der Waals surface area contributed by atoms with E-state index in [1.165, 1.54) is 0 Å². The topological polar surface area (TPSA) is 76.5 Å². The highest BCUT2D eigenvalue weighted by molar-refractivity contribution is 6.04. The molecule has 2 amide bonds. The SMILES string of the molecule is COc1ccc(C)cc1N1C[C@H](C(=O)Nc2cc(C)nn2C)CC1=O. The summed E-state index contributed by atoms with van der Waals surface area (Å²) in [6, 6.07) is 7.47. The zero-order valence-electron chi connectivity index (χ0n) is 14.9. The largest absolute Gasteiger partial charge is 0.495 e. The summed E-state index contributed by atoms with van der Waals surface area (Å²) in [5, 5.41) is 7.07. The summed E-state index contributed by atoms with van der Waals surface area (Å²) >= 11 is 0. The fourth-order valence-corrected chi connectivity index (χ4v) is 3.08. The Bertz CT molecular complexity index is 828. The standard InChI is InChI=1S/C18H22N4O3/c1-11-5-6-15(25-4)14(7-11)22-10-13(9-17(22)23)18(24)19-16-8-12(2)20-21(16)3/h5-8,13H,9-10H2,1-4H3,(H,19,24)/t13-/m1/s1. The van der Waals surface area contributed by atoms with Crippen LogP contribution in [0.4, 0.5) is 11.5 Å². The van der Waals surface area contributed by atoms with Gasteiger partial charge in [0.1, 0.15) is 11.6 Å². The highest BCUT2D eigenvalue weighted by Gasteiger charge is 2.36. The van der Waals surface area contributed by atoms with Crippen molar-refractivity contribution in [3.05, 3.63) is 35.5 Å². The van der Waals surface area contributed by atoms with Gasteiger partial charge in [0.2, 0.25) is 11.8 Å². The number of carbonyl (C=O) groups excluding carboxylic acids is 2. The summed E-state index contributed by atoms with van der Waals surface area (Å²) in [6.45, 7) is 4.15. The van der Waals surface area contributed by atoms with E-state index in [9.17, 15) is 9.59 Å². The van der Waals surface area contributed by atoms with E-state index in [1.54, 1.807) is 29.8 Å². The van der Waals surface area contributed by atoms with Crippen LogP contribution in [-0.2, 0) is 16.6 Å². The molecule has 2 heterocycles. The van der Waals surface area contributed by atoms with Gasteiger partial charge in [0.05, 0.1) is 24.4 Å². The number of amides is 2. The van der Waals surface area contributed by atoms with Crippen LogP contribution in [0.15, 0.2) is 24.3 Å². The second kappa shape index (κ2) is 6.58. The molecule has 1 aromatic heterocycles. The first kappa shape index (κ1) is 17.0. The molecule has 0 radical (unpaired) electrons. The van der Waals surface area contributed by atoms with Gasteiger partial charge in [-0.3, -0.25) is 14.3 Å². The van der Waals surface area contributed by atoms with Crippen molar-refractivity contribution in [2.24, 2.45) is 13.0 Å². The van der Waals surface area contributed by atoms with Gasteiger partial charge in [0, 0.05) is 26.1 Å². The van der Waals surface area contributed by atoms with E-state index in [4.69, 9.17) is 4.74 Å². The van der Waals surface area contributed by atoms with Crippen molar-refractivity contribution >= 4 is 23.3 Å². The summed E-state index contributed by atoms with van der Waals surface area (Å²) in [5.41, 5.74) is 2.56. The molecule has 0 saturated carbocycles. The van der Waals surface area contributed by atoms with E-state index in [1.807, 2.05) is 32.0 Å². The van der Waals surface area contributed by atoms with Crippen molar-refractivity contribution in [2.45, 2.75) is 20.3 Å². The summed E-state index contributed by atoms with van der Waals surface area (Å²) in [7, 11) is 3.34. The number of hydrogen-bond donors (Lipinski definition) is 1. The number of nitrogens with zero attached hydrogens (tertiary/aromatic N) is 3. The summed E-state index contributed by atoms with van der Waals surface area (Å²) in [6.07, 6.45) is 0.180. The summed E-state index contributed by atoms with van der Waals surface area (Å²) < 4.78 is 6.98. The first-order valence-corrected chi connectivity index (χ1v) is 8.15. The molecule has 2 aromatic rings. The van der Waals surface area contributed by atoms with Gasteiger partial charge >= 0.3 is 0 Å². The number of rotatable bonds is 4. The molecule has 1 N–H and O–H groups in total. The fraction of sp³-hybridized carbons (Fsp3) is 0.389. The predicted octanol–water partition coefficient (Wildman–Crippen LogP) is 2.04. The molecule has 1 aliphatic heterocycles. The Hall–Kier alpha value is -2.83. The molecule has 1 saturated heterocycles. The molecule has 132 valence electrons. The second-order valence-corrected chi connectivity index (χ2v) is 6.36. The van der Waals surface area contributed by atoms with Crippen LogP contribution < -0.4 is 15.0 Å². The van der Waals surface area contributed by atoms with Crippen LogP contribution in [0.1, 0.15) is 17.7 Å². The van der Waals surface area contributed by atoms with Crippen molar-refractivity contribution in [3.8, 4) is 5.75 Å². The van der Waals surface area contributed by atoms with E-state index < -0.39 is 5.92 Å². The third kappa shape index (κ3) is 3.35. The maximum absolute atomic E-state index is 12.6. The predicted molar refractivity (Wildman–Crippen MR) is 94.8 cm³/mol. The minimum absolute atomic E-state index is 0.0785. The molecule has 3 rings (SSSR count). The van der Waals surface area contributed by atoms with Gasteiger partial charge in [-0.25, -0.2) is 0 Å². The van der Waals surface area contributed by atoms with Gasteiger partial charge in [-0.05, 0) is 31.5 Å². The van der Waals surface area contributed by atoms with Gasteiger partial charge in [-0.15, -0.1) is 0 Å². The minimum atomic E-state index is -0.409. The number of benzene rings is 1. The van der Waals surface area contributed by atoms with Crippen molar-refractivity contribution < 1.29 is 14.3 Å². The zero-order valence-corrected chi connectivity index (χ0v) is 14.9. The molecule has 0 spiro atoms. The molecule has 0 aliphatic carbocycles. The van der Waals surface area contributed by atoms with Crippen LogP contribution >= 0.6 is 0 Å². The third-order valence-corrected chi connectivity index (χ3v) is 4.37.